The summed E-state index contributed by atoms with van der Waals surface area (Å²) >= 11 is 0. The lowest BCUT2D eigenvalue weighted by Crippen LogP contribution is -2.27. The van der Waals surface area contributed by atoms with Gasteiger partial charge < -0.3 is 10.6 Å². The van der Waals surface area contributed by atoms with Gasteiger partial charge in [0.1, 0.15) is 0 Å². The largest absolute Gasteiger partial charge is 0.369 e. The van der Waals surface area contributed by atoms with Crippen LogP contribution in [-0.2, 0) is 9.59 Å². The number of likely N-dealkylation sites (tertiary alicyclic amines) is 1. The Morgan fingerprint density at radius 2 is 2.23 bits per heavy atom. The second-order valence-electron chi connectivity index (χ2n) is 5.43. The molecule has 2 amide bonds. The van der Waals surface area contributed by atoms with E-state index in [0.29, 0.717) is 31.4 Å². The van der Waals surface area contributed by atoms with Crippen LogP contribution >= 0.6 is 0 Å². The van der Waals surface area contributed by atoms with E-state index in [4.69, 9.17) is 5.73 Å². The van der Waals surface area contributed by atoms with E-state index in [1.807, 2.05) is 0 Å². The highest BCUT2D eigenvalue weighted by Gasteiger charge is 2.23. The minimum absolute atomic E-state index is 0.0570. The van der Waals surface area contributed by atoms with Gasteiger partial charge >= 0.3 is 0 Å². The van der Waals surface area contributed by atoms with E-state index in [1.54, 1.807) is 17.0 Å². The third-order valence-electron chi connectivity index (χ3n) is 3.92. The maximum absolute atomic E-state index is 11.6. The maximum Gasteiger partial charge on any atom is 0.269 e. The molecule has 1 aliphatic rings. The summed E-state index contributed by atoms with van der Waals surface area (Å²) in [6, 6.07) is 5.98. The zero-order chi connectivity index (χ0) is 16.1. The molecule has 0 aromatic heterocycles. The number of hydrogen-bond acceptors (Lipinski definition) is 4. The number of nitro groups is 1. The van der Waals surface area contributed by atoms with Crippen LogP contribution in [0.3, 0.4) is 0 Å². The van der Waals surface area contributed by atoms with Crippen LogP contribution in [0.1, 0.15) is 37.2 Å². The molecule has 1 saturated heterocycles. The highest BCUT2D eigenvalue weighted by atomic mass is 16.6. The van der Waals surface area contributed by atoms with Crippen molar-refractivity contribution in [1.29, 1.82) is 0 Å². The molecule has 1 aromatic rings. The molecule has 0 aliphatic carbocycles. The second kappa shape index (κ2) is 7.02. The predicted octanol–water partition coefficient (Wildman–Crippen LogP) is 1.57. The lowest BCUT2D eigenvalue weighted by Gasteiger charge is -2.18. The standard InChI is InChI=1S/C15H19N3O4/c16-15(20)13(6-2-8-17-9-3-7-14(17)19)11-4-1-5-12(10-11)18(21)22/h1,4-5,10,13H,2-3,6-9H2,(H2,16,20). The number of hydrogen-bond donors (Lipinski definition) is 1. The van der Waals surface area contributed by atoms with Crippen LogP contribution in [0.15, 0.2) is 24.3 Å². The summed E-state index contributed by atoms with van der Waals surface area (Å²) in [6.07, 6.45) is 2.58. The number of nitrogens with zero attached hydrogens (tertiary/aromatic N) is 2. The molecule has 1 unspecified atom stereocenters. The predicted molar refractivity (Wildman–Crippen MR) is 80.1 cm³/mol. The molecule has 2 N–H and O–H groups in total. The van der Waals surface area contributed by atoms with Crippen molar-refractivity contribution in [1.82, 2.24) is 4.90 Å². The van der Waals surface area contributed by atoms with Crippen LogP contribution in [0, 0.1) is 10.1 Å². The summed E-state index contributed by atoms with van der Waals surface area (Å²) in [4.78, 5) is 35.3. The van der Waals surface area contributed by atoms with Gasteiger partial charge in [-0.05, 0) is 24.8 Å². The van der Waals surface area contributed by atoms with Crippen molar-refractivity contribution in [2.45, 2.75) is 31.6 Å². The van der Waals surface area contributed by atoms with Crippen LogP contribution in [0.25, 0.3) is 0 Å². The molecule has 7 nitrogen and oxygen atoms in total. The number of rotatable bonds is 7. The van der Waals surface area contributed by atoms with Crippen molar-refractivity contribution in [3.05, 3.63) is 39.9 Å². The molecule has 7 heteroatoms. The summed E-state index contributed by atoms with van der Waals surface area (Å²) in [6.45, 7) is 1.36. The number of benzene rings is 1. The monoisotopic (exact) mass is 305 g/mol. The Balaban J connectivity index is 2.00. The Hall–Kier alpha value is -2.44. The SMILES string of the molecule is NC(=O)C(CCCN1CCCC1=O)c1cccc([N+](=O)[O-])c1. The first-order valence-corrected chi connectivity index (χ1v) is 7.30. The summed E-state index contributed by atoms with van der Waals surface area (Å²) < 4.78 is 0. The Bertz CT molecular complexity index is 588. The van der Waals surface area contributed by atoms with Crippen LogP contribution in [0.4, 0.5) is 5.69 Å². The molecule has 1 atom stereocenters. The fraction of sp³-hybridized carbons (Fsp3) is 0.467. The average Bonchev–Trinajstić information content (AvgIpc) is 2.88. The molecule has 2 rings (SSSR count). The number of non-ortho nitro benzene ring substituents is 1. The zero-order valence-electron chi connectivity index (χ0n) is 12.2. The number of nitrogens with two attached hydrogens (primary N) is 1. The molecule has 0 saturated carbocycles. The van der Waals surface area contributed by atoms with E-state index in [1.165, 1.54) is 12.1 Å². The van der Waals surface area contributed by atoms with Crippen LogP contribution < -0.4 is 5.73 Å². The molecule has 1 heterocycles. The van der Waals surface area contributed by atoms with E-state index in [9.17, 15) is 19.7 Å². The van der Waals surface area contributed by atoms with Crippen molar-refractivity contribution in [2.24, 2.45) is 5.73 Å². The van der Waals surface area contributed by atoms with Crippen molar-refractivity contribution in [3.63, 3.8) is 0 Å². The summed E-state index contributed by atoms with van der Waals surface area (Å²) in [5.74, 6) is -0.933. The van der Waals surface area contributed by atoms with Crippen molar-refractivity contribution in [3.8, 4) is 0 Å². The lowest BCUT2D eigenvalue weighted by molar-refractivity contribution is -0.384. The van der Waals surface area contributed by atoms with Crippen LogP contribution in [0.5, 0.6) is 0 Å². The van der Waals surface area contributed by atoms with Gasteiger partial charge in [-0.3, -0.25) is 19.7 Å². The van der Waals surface area contributed by atoms with Gasteiger partial charge in [0.15, 0.2) is 0 Å². The normalized spacial score (nSPS) is 15.8. The number of carbonyl (C=O) groups is 2. The molecule has 22 heavy (non-hydrogen) atoms. The molecule has 0 spiro atoms. The fourth-order valence-electron chi connectivity index (χ4n) is 2.76. The third-order valence-corrected chi connectivity index (χ3v) is 3.92. The van der Waals surface area contributed by atoms with E-state index >= 15 is 0 Å². The van der Waals surface area contributed by atoms with Gasteiger partial charge in [0.25, 0.3) is 5.69 Å². The molecule has 1 fully saturated rings. The van der Waals surface area contributed by atoms with E-state index in [-0.39, 0.29) is 11.6 Å². The van der Waals surface area contributed by atoms with Gasteiger partial charge in [-0.2, -0.15) is 0 Å². The average molecular weight is 305 g/mol. The van der Waals surface area contributed by atoms with Crippen molar-refractivity contribution >= 4 is 17.5 Å². The van der Waals surface area contributed by atoms with Crippen LogP contribution in [-0.4, -0.2) is 34.7 Å². The first kappa shape index (κ1) is 15.9. The van der Waals surface area contributed by atoms with Crippen molar-refractivity contribution < 1.29 is 14.5 Å². The minimum atomic E-state index is -0.572. The van der Waals surface area contributed by atoms with Gasteiger partial charge in [-0.15, -0.1) is 0 Å². The number of nitro benzene ring substituents is 1. The lowest BCUT2D eigenvalue weighted by atomic mass is 9.93. The molecule has 118 valence electrons. The minimum Gasteiger partial charge on any atom is -0.369 e. The molecule has 1 aromatic carbocycles. The van der Waals surface area contributed by atoms with E-state index in [0.717, 1.165) is 13.0 Å². The first-order valence-electron chi connectivity index (χ1n) is 7.30. The zero-order valence-corrected chi connectivity index (χ0v) is 12.2. The summed E-state index contributed by atoms with van der Waals surface area (Å²) in [5, 5.41) is 10.8. The topological polar surface area (TPSA) is 107 Å². The van der Waals surface area contributed by atoms with Gasteiger partial charge in [-0.1, -0.05) is 12.1 Å². The molecule has 1 aliphatic heterocycles. The Morgan fingerprint density at radius 1 is 1.45 bits per heavy atom. The van der Waals surface area contributed by atoms with Gasteiger partial charge in [0.2, 0.25) is 11.8 Å². The quantitative estimate of drug-likeness (QED) is 0.609. The number of amides is 2. The van der Waals surface area contributed by atoms with E-state index in [2.05, 4.69) is 0 Å². The Kier molecular flexibility index (Phi) is 5.08. The van der Waals surface area contributed by atoms with Gasteiger partial charge in [0.05, 0.1) is 10.8 Å². The smallest absolute Gasteiger partial charge is 0.269 e. The second-order valence-corrected chi connectivity index (χ2v) is 5.43. The Labute approximate surface area is 128 Å². The highest BCUT2D eigenvalue weighted by molar-refractivity contribution is 5.82. The molecule has 0 radical (unpaired) electrons. The highest BCUT2D eigenvalue weighted by Crippen LogP contribution is 2.25. The molecule has 0 bridgehead atoms. The summed E-state index contributed by atoms with van der Waals surface area (Å²) in [7, 11) is 0. The van der Waals surface area contributed by atoms with Gasteiger partial charge in [0, 0.05) is 31.6 Å². The fourth-order valence-corrected chi connectivity index (χ4v) is 2.76. The molecular weight excluding hydrogens is 286 g/mol. The van der Waals surface area contributed by atoms with Crippen LogP contribution in [0.2, 0.25) is 0 Å². The van der Waals surface area contributed by atoms with Crippen molar-refractivity contribution in [2.75, 3.05) is 13.1 Å². The molecular formula is C15H19N3O4. The maximum atomic E-state index is 11.6. The number of primary amides is 1. The number of carbonyl (C=O) groups excluding carboxylic acids is 2. The third kappa shape index (κ3) is 3.81. The Morgan fingerprint density at radius 3 is 2.82 bits per heavy atom. The summed E-state index contributed by atoms with van der Waals surface area (Å²) in [5.41, 5.74) is 5.92. The van der Waals surface area contributed by atoms with E-state index < -0.39 is 16.7 Å². The van der Waals surface area contributed by atoms with Gasteiger partial charge in [-0.25, -0.2) is 0 Å². The first-order chi connectivity index (χ1) is 10.5.